The molecule has 8 rings (SSSR count). The van der Waals surface area contributed by atoms with Gasteiger partial charge in [0.05, 0.1) is 26.0 Å². The molecule has 0 bridgehead atoms. The Balaban J connectivity index is 0.000000272. The lowest BCUT2D eigenvalue weighted by atomic mass is 10.2. The van der Waals surface area contributed by atoms with Gasteiger partial charge in [0.1, 0.15) is 17.2 Å². The van der Waals surface area contributed by atoms with Crippen LogP contribution >= 0.6 is 11.8 Å². The number of aromatic nitrogens is 2. The number of benzene rings is 2. The largest absolute Gasteiger partial charge is 0.493 e. The van der Waals surface area contributed by atoms with Crippen LogP contribution in [0.15, 0.2) is 90.3 Å². The van der Waals surface area contributed by atoms with Gasteiger partial charge in [-0.15, -0.1) is 11.8 Å². The third-order valence-electron chi connectivity index (χ3n) is 6.20. The first-order chi connectivity index (χ1) is 21.9. The number of aryl methyl sites for hydroxylation is 1. The van der Waals surface area contributed by atoms with Crippen molar-refractivity contribution in [1.29, 1.82) is 0 Å². The highest BCUT2D eigenvalue weighted by molar-refractivity contribution is 7.99. The van der Waals surface area contributed by atoms with E-state index >= 15 is 0 Å². The van der Waals surface area contributed by atoms with Crippen molar-refractivity contribution in [2.75, 3.05) is 25.6 Å². The van der Waals surface area contributed by atoms with E-state index in [2.05, 4.69) is 28.2 Å². The zero-order valence-electron chi connectivity index (χ0n) is 28.3. The van der Waals surface area contributed by atoms with E-state index in [1.165, 1.54) is 39.3 Å². The van der Waals surface area contributed by atoms with Crippen LogP contribution in [0, 0.1) is 0 Å². The summed E-state index contributed by atoms with van der Waals surface area (Å²) in [5.74, 6) is 4.33. The van der Waals surface area contributed by atoms with Gasteiger partial charge in [0.25, 0.3) is 0 Å². The molecule has 0 atom stereocenters. The van der Waals surface area contributed by atoms with E-state index in [4.69, 9.17) is 14.2 Å². The number of fused-ring (bicyclic) bond motifs is 4. The molecule has 0 spiro atoms. The zero-order chi connectivity index (χ0) is 32.4. The monoisotopic (exact) mass is 618 g/mol. The molecule has 4 aliphatic rings. The number of para-hydroxylation sites is 2. The molecule has 44 heavy (non-hydrogen) atoms. The molecule has 0 radical (unpaired) electrons. The second kappa shape index (κ2) is 24.9. The third kappa shape index (κ3) is 13.0. The highest BCUT2D eigenvalue weighted by Gasteiger charge is 2.11. The summed E-state index contributed by atoms with van der Waals surface area (Å²) in [6.45, 7) is 18.5. The van der Waals surface area contributed by atoms with E-state index < -0.39 is 0 Å². The van der Waals surface area contributed by atoms with Gasteiger partial charge < -0.3 is 14.2 Å². The van der Waals surface area contributed by atoms with E-state index in [0.29, 0.717) is 0 Å². The SMILES string of the molecule is CC.CC.CC.CC.c1cc2c(cn1)OCC2.c1cc2c(cn1)SCC2.c1ccc2c(c1)CCO2.c1ccc2c(c1)CCO2. The van der Waals surface area contributed by atoms with Crippen molar-refractivity contribution in [3.63, 3.8) is 0 Å². The van der Waals surface area contributed by atoms with Crippen molar-refractivity contribution in [2.24, 2.45) is 0 Å². The average Bonchev–Trinajstić information content (AvgIpc) is 3.96. The van der Waals surface area contributed by atoms with Crippen LogP contribution in [-0.2, 0) is 25.7 Å². The maximum Gasteiger partial charge on any atom is 0.140 e. The van der Waals surface area contributed by atoms with Gasteiger partial charge in [-0.1, -0.05) is 91.8 Å². The van der Waals surface area contributed by atoms with Gasteiger partial charge in [-0.2, -0.15) is 0 Å². The second-order valence-electron chi connectivity index (χ2n) is 8.58. The Kier molecular flexibility index (Phi) is 21.8. The topological polar surface area (TPSA) is 53.5 Å². The smallest absolute Gasteiger partial charge is 0.140 e. The standard InChI is InChI=1S/2C8H8O.C7H7NO.C7H7NS.4C2H6/c2*1-2-4-8-7(3-1)5-6-9-8;2*1-3-8-5-7-6(1)2-4-9-7;4*1-2/h2*1-4H,5-6H2;2*1,3,5H,2,4H2;4*1-2H3. The number of pyridine rings is 2. The summed E-state index contributed by atoms with van der Waals surface area (Å²) in [5.41, 5.74) is 5.44. The lowest BCUT2D eigenvalue weighted by Crippen LogP contribution is -1.85. The molecule has 0 N–H and O–H groups in total. The van der Waals surface area contributed by atoms with Gasteiger partial charge in [-0.05, 0) is 47.4 Å². The molecule has 6 heteroatoms. The molecule has 0 saturated carbocycles. The lowest BCUT2D eigenvalue weighted by molar-refractivity contribution is 0.355. The number of thioether (sulfide) groups is 1. The van der Waals surface area contributed by atoms with Crippen LogP contribution in [0.3, 0.4) is 0 Å². The van der Waals surface area contributed by atoms with E-state index in [1.807, 2.05) is 122 Å². The van der Waals surface area contributed by atoms with E-state index in [-0.39, 0.29) is 0 Å². The van der Waals surface area contributed by atoms with Gasteiger partial charge >= 0.3 is 0 Å². The molecule has 240 valence electrons. The van der Waals surface area contributed by atoms with Gasteiger partial charge in [0.15, 0.2) is 0 Å². The van der Waals surface area contributed by atoms with E-state index in [9.17, 15) is 0 Å². The lowest BCUT2D eigenvalue weighted by Gasteiger charge is -1.93. The Hall–Kier alpha value is -3.51. The van der Waals surface area contributed by atoms with Crippen molar-refractivity contribution in [1.82, 2.24) is 9.97 Å². The van der Waals surface area contributed by atoms with E-state index in [0.717, 1.165) is 56.3 Å². The molecular weight excluding hydrogens is 564 g/mol. The number of nitrogens with zero attached hydrogens (tertiary/aromatic N) is 2. The molecule has 2 aromatic heterocycles. The highest BCUT2D eigenvalue weighted by atomic mass is 32.2. The Morgan fingerprint density at radius 3 is 1.39 bits per heavy atom. The van der Waals surface area contributed by atoms with Crippen LogP contribution in [0.1, 0.15) is 77.6 Å². The molecule has 4 aromatic rings. The zero-order valence-corrected chi connectivity index (χ0v) is 29.1. The number of hydrogen-bond acceptors (Lipinski definition) is 6. The first-order valence-electron chi connectivity index (χ1n) is 16.4. The maximum absolute atomic E-state index is 5.30. The Labute approximate surface area is 271 Å². The quantitative estimate of drug-likeness (QED) is 0.195. The van der Waals surface area contributed by atoms with Crippen LogP contribution in [-0.4, -0.2) is 35.5 Å². The van der Waals surface area contributed by atoms with Crippen molar-refractivity contribution in [3.05, 3.63) is 108 Å². The normalized spacial score (nSPS) is 12.7. The summed E-state index contributed by atoms with van der Waals surface area (Å²) in [4.78, 5) is 9.34. The van der Waals surface area contributed by atoms with Gasteiger partial charge in [0, 0.05) is 54.1 Å². The predicted octanol–water partition coefficient (Wildman–Crippen LogP) is 10.1. The molecule has 6 heterocycles. The van der Waals surface area contributed by atoms with Crippen LogP contribution < -0.4 is 14.2 Å². The molecule has 0 saturated heterocycles. The van der Waals surface area contributed by atoms with Crippen LogP contribution in [0.4, 0.5) is 0 Å². The Bertz CT molecular complexity index is 992. The van der Waals surface area contributed by atoms with Crippen LogP contribution in [0.25, 0.3) is 0 Å². The molecule has 5 nitrogen and oxygen atoms in total. The first-order valence-corrected chi connectivity index (χ1v) is 17.4. The molecule has 0 unspecified atom stereocenters. The van der Waals surface area contributed by atoms with Crippen LogP contribution in [0.5, 0.6) is 17.2 Å². The van der Waals surface area contributed by atoms with Crippen molar-refractivity contribution in [3.8, 4) is 17.2 Å². The second-order valence-corrected chi connectivity index (χ2v) is 9.71. The minimum atomic E-state index is 0.820. The summed E-state index contributed by atoms with van der Waals surface area (Å²) in [6.07, 6.45) is 11.8. The summed E-state index contributed by atoms with van der Waals surface area (Å²) in [5, 5.41) is 0. The molecule has 4 aliphatic heterocycles. The van der Waals surface area contributed by atoms with Gasteiger partial charge in [-0.3, -0.25) is 9.97 Å². The fourth-order valence-corrected chi connectivity index (χ4v) is 5.31. The average molecular weight is 619 g/mol. The maximum atomic E-state index is 5.30. The third-order valence-corrected chi connectivity index (χ3v) is 7.29. The fraction of sp³-hybridized carbons (Fsp3) is 0.421. The molecule has 0 aliphatic carbocycles. The van der Waals surface area contributed by atoms with Gasteiger partial charge in [0.2, 0.25) is 0 Å². The first kappa shape index (κ1) is 38.5. The van der Waals surface area contributed by atoms with Crippen molar-refractivity contribution in [2.45, 2.75) is 86.0 Å². The van der Waals surface area contributed by atoms with E-state index in [1.54, 1.807) is 12.4 Å². The van der Waals surface area contributed by atoms with Gasteiger partial charge in [-0.25, -0.2) is 0 Å². The summed E-state index contributed by atoms with van der Waals surface area (Å²) in [6, 6.07) is 20.5. The predicted molar refractivity (Wildman–Crippen MR) is 189 cm³/mol. The molecule has 0 amide bonds. The van der Waals surface area contributed by atoms with Crippen molar-refractivity contribution < 1.29 is 14.2 Å². The molecular formula is C38H54N2O3S. The van der Waals surface area contributed by atoms with Crippen molar-refractivity contribution >= 4 is 11.8 Å². The summed E-state index contributed by atoms with van der Waals surface area (Å²) >= 11 is 1.91. The number of hydrogen-bond donors (Lipinski definition) is 0. The van der Waals surface area contributed by atoms with Crippen LogP contribution in [0.2, 0.25) is 0 Å². The Morgan fingerprint density at radius 1 is 0.477 bits per heavy atom. The Morgan fingerprint density at radius 2 is 0.909 bits per heavy atom. The highest BCUT2D eigenvalue weighted by Crippen LogP contribution is 2.29. The molecule has 2 aromatic carbocycles. The minimum absolute atomic E-state index is 0.820. The number of ether oxygens (including phenoxy) is 3. The summed E-state index contributed by atoms with van der Waals surface area (Å²) < 4.78 is 15.8. The fourth-order valence-electron chi connectivity index (χ4n) is 4.28. The molecule has 0 fully saturated rings. The number of rotatable bonds is 0. The minimum Gasteiger partial charge on any atom is -0.493 e. The summed E-state index contributed by atoms with van der Waals surface area (Å²) in [7, 11) is 0.